The van der Waals surface area contributed by atoms with E-state index in [9.17, 15) is 14.0 Å². The zero-order valence-electron chi connectivity index (χ0n) is 16.3. The first kappa shape index (κ1) is 20.3. The Balaban J connectivity index is 1.58. The van der Waals surface area contributed by atoms with Crippen molar-refractivity contribution in [2.24, 2.45) is 0 Å². The van der Waals surface area contributed by atoms with E-state index in [2.05, 4.69) is 15.6 Å². The predicted molar refractivity (Wildman–Crippen MR) is 120 cm³/mol. The van der Waals surface area contributed by atoms with Crippen LogP contribution in [0.1, 0.15) is 10.4 Å². The van der Waals surface area contributed by atoms with Crippen molar-refractivity contribution in [2.45, 2.75) is 0 Å². The van der Waals surface area contributed by atoms with Crippen LogP contribution in [0.15, 0.2) is 60.8 Å². The summed E-state index contributed by atoms with van der Waals surface area (Å²) in [6, 6.07) is 14.3. The number of fused-ring (bicyclic) bond motifs is 1. The van der Waals surface area contributed by atoms with E-state index in [0.717, 1.165) is 15.0 Å². The van der Waals surface area contributed by atoms with Crippen molar-refractivity contribution < 1.29 is 18.7 Å². The molecule has 4 rings (SSSR count). The number of urea groups is 1. The van der Waals surface area contributed by atoms with Crippen LogP contribution in [0.3, 0.4) is 0 Å². The van der Waals surface area contributed by atoms with E-state index in [1.807, 2.05) is 12.1 Å². The normalized spacial score (nSPS) is 10.6. The van der Waals surface area contributed by atoms with Gasteiger partial charge in [0.15, 0.2) is 0 Å². The maximum Gasteiger partial charge on any atom is 0.339 e. The van der Waals surface area contributed by atoms with Crippen LogP contribution in [0.25, 0.3) is 20.5 Å². The van der Waals surface area contributed by atoms with Gasteiger partial charge < -0.3 is 21.1 Å². The highest BCUT2D eigenvalue weighted by Gasteiger charge is 2.14. The molecular weight excluding hydrogens is 419 g/mol. The van der Waals surface area contributed by atoms with Crippen LogP contribution in [0.2, 0.25) is 0 Å². The van der Waals surface area contributed by atoms with E-state index in [1.54, 1.807) is 30.3 Å². The summed E-state index contributed by atoms with van der Waals surface area (Å²) in [4.78, 5) is 28.9. The minimum Gasteiger partial charge on any atom is -0.465 e. The molecule has 0 saturated heterocycles. The summed E-state index contributed by atoms with van der Waals surface area (Å²) in [6.07, 6.45) is 1.37. The van der Waals surface area contributed by atoms with Gasteiger partial charge in [0.2, 0.25) is 0 Å². The third-order valence-corrected chi connectivity index (χ3v) is 5.65. The van der Waals surface area contributed by atoms with Gasteiger partial charge in [0.25, 0.3) is 0 Å². The highest BCUT2D eigenvalue weighted by Crippen LogP contribution is 2.37. The molecule has 0 spiro atoms. The Labute approximate surface area is 180 Å². The standard InChI is InChI=1S/C22H17FN4O3S/c1-30-21(28)13-9-15(20(24)25-11-13)19-10-12-8-14(6-7-18(12)31-19)26-22(29)27-17-5-3-2-4-16(17)23/h2-11H,1H3,(H2,24,25)(H2,26,27,29). The van der Waals surface area contributed by atoms with E-state index in [1.165, 1.54) is 36.8 Å². The Bertz CT molecular complexity index is 1310. The van der Waals surface area contributed by atoms with Crippen molar-refractivity contribution in [3.05, 3.63) is 72.2 Å². The van der Waals surface area contributed by atoms with Crippen molar-refractivity contribution >= 4 is 50.6 Å². The lowest BCUT2D eigenvalue weighted by Gasteiger charge is -2.08. The molecule has 0 saturated carbocycles. The third kappa shape index (κ3) is 4.31. The summed E-state index contributed by atoms with van der Waals surface area (Å²) in [7, 11) is 1.30. The molecule has 7 nitrogen and oxygen atoms in total. The van der Waals surface area contributed by atoms with Crippen molar-refractivity contribution in [3.8, 4) is 10.4 Å². The molecule has 2 heterocycles. The summed E-state index contributed by atoms with van der Waals surface area (Å²) in [5.74, 6) is -0.722. The first-order chi connectivity index (χ1) is 14.9. The largest absolute Gasteiger partial charge is 0.465 e. The second kappa shape index (κ2) is 8.41. The number of esters is 1. The van der Waals surface area contributed by atoms with Gasteiger partial charge in [-0.05, 0) is 47.9 Å². The Kier molecular flexibility index (Phi) is 5.50. The maximum atomic E-state index is 13.7. The monoisotopic (exact) mass is 436 g/mol. The lowest BCUT2D eigenvalue weighted by molar-refractivity contribution is 0.0600. The van der Waals surface area contributed by atoms with Gasteiger partial charge >= 0.3 is 12.0 Å². The molecule has 156 valence electrons. The van der Waals surface area contributed by atoms with Gasteiger partial charge in [-0.1, -0.05) is 12.1 Å². The maximum absolute atomic E-state index is 13.7. The number of amides is 2. The first-order valence-electron chi connectivity index (χ1n) is 9.15. The number of nitrogen functional groups attached to an aromatic ring is 1. The molecule has 2 aromatic carbocycles. The smallest absolute Gasteiger partial charge is 0.339 e. The molecule has 0 bridgehead atoms. The quantitative estimate of drug-likeness (QED) is 0.385. The van der Waals surface area contributed by atoms with Gasteiger partial charge in [-0.15, -0.1) is 11.3 Å². The van der Waals surface area contributed by atoms with Gasteiger partial charge in [-0.2, -0.15) is 0 Å². The predicted octanol–water partition coefficient (Wildman–Crippen LogP) is 5.12. The van der Waals surface area contributed by atoms with Crippen molar-refractivity contribution in [1.29, 1.82) is 0 Å². The molecule has 0 radical (unpaired) electrons. The van der Waals surface area contributed by atoms with E-state index in [0.29, 0.717) is 22.6 Å². The molecule has 9 heteroatoms. The Morgan fingerprint density at radius 2 is 1.90 bits per heavy atom. The minimum atomic E-state index is -0.556. The van der Waals surface area contributed by atoms with Gasteiger partial charge in [0.05, 0.1) is 18.4 Å². The van der Waals surface area contributed by atoms with E-state index < -0.39 is 17.8 Å². The number of rotatable bonds is 4. The summed E-state index contributed by atoms with van der Waals surface area (Å²) in [6.45, 7) is 0. The third-order valence-electron chi connectivity index (χ3n) is 4.50. The highest BCUT2D eigenvalue weighted by atomic mass is 32.1. The summed E-state index contributed by atoms with van der Waals surface area (Å²) in [5.41, 5.74) is 7.57. The first-order valence-corrected chi connectivity index (χ1v) is 9.96. The van der Waals surface area contributed by atoms with Crippen molar-refractivity contribution in [2.75, 3.05) is 23.5 Å². The number of nitrogens with two attached hydrogens (primary N) is 1. The SMILES string of the molecule is COC(=O)c1cnc(N)c(-c2cc3cc(NC(=O)Nc4ccccc4F)ccc3s2)c1. The molecular formula is C22H17FN4O3S. The fourth-order valence-electron chi connectivity index (χ4n) is 3.00. The molecule has 0 unspecified atom stereocenters. The highest BCUT2D eigenvalue weighted by molar-refractivity contribution is 7.22. The Morgan fingerprint density at radius 1 is 1.10 bits per heavy atom. The average molecular weight is 436 g/mol. The number of aromatic nitrogens is 1. The molecule has 2 aromatic heterocycles. The number of nitrogens with one attached hydrogen (secondary N) is 2. The molecule has 2 amide bonds. The summed E-state index contributed by atoms with van der Waals surface area (Å²) >= 11 is 1.47. The molecule has 0 atom stereocenters. The molecule has 4 N–H and O–H groups in total. The van der Waals surface area contributed by atoms with E-state index in [4.69, 9.17) is 10.5 Å². The van der Waals surface area contributed by atoms with Crippen molar-refractivity contribution in [1.82, 2.24) is 4.98 Å². The summed E-state index contributed by atoms with van der Waals surface area (Å²) < 4.78 is 19.4. The molecule has 0 aliphatic heterocycles. The molecule has 0 aliphatic carbocycles. The number of hydrogen-bond acceptors (Lipinski definition) is 6. The zero-order valence-corrected chi connectivity index (χ0v) is 17.1. The molecule has 31 heavy (non-hydrogen) atoms. The number of benzene rings is 2. The number of halogens is 1. The fraction of sp³-hybridized carbons (Fsp3) is 0.0455. The Morgan fingerprint density at radius 3 is 2.68 bits per heavy atom. The minimum absolute atomic E-state index is 0.0901. The second-order valence-corrected chi connectivity index (χ2v) is 7.65. The fourth-order valence-corrected chi connectivity index (χ4v) is 4.07. The van der Waals surface area contributed by atoms with Gasteiger partial charge in [-0.3, -0.25) is 0 Å². The second-order valence-electron chi connectivity index (χ2n) is 6.57. The topological polar surface area (TPSA) is 106 Å². The number of carbonyl (C=O) groups is 2. The van der Waals surface area contributed by atoms with Crippen molar-refractivity contribution in [3.63, 3.8) is 0 Å². The Hall–Kier alpha value is -3.98. The van der Waals surface area contributed by atoms with Crippen LogP contribution in [0, 0.1) is 5.82 Å². The number of hydrogen-bond donors (Lipinski definition) is 3. The number of carbonyl (C=O) groups excluding carboxylic acids is 2. The van der Waals surface area contributed by atoms with E-state index in [-0.39, 0.29) is 5.69 Å². The zero-order chi connectivity index (χ0) is 22.0. The van der Waals surface area contributed by atoms with Crippen LogP contribution in [-0.4, -0.2) is 24.1 Å². The number of para-hydroxylation sites is 1. The lowest BCUT2D eigenvalue weighted by Crippen LogP contribution is -2.19. The van der Waals surface area contributed by atoms with Crippen LogP contribution in [0.5, 0.6) is 0 Å². The summed E-state index contributed by atoms with van der Waals surface area (Å²) in [5, 5.41) is 6.04. The molecule has 4 aromatic rings. The van der Waals surface area contributed by atoms with Crippen LogP contribution < -0.4 is 16.4 Å². The number of ether oxygens (including phenoxy) is 1. The number of pyridine rings is 1. The molecule has 0 aliphatic rings. The van der Waals surface area contributed by atoms with Gasteiger partial charge in [-0.25, -0.2) is 19.0 Å². The van der Waals surface area contributed by atoms with Crippen LogP contribution in [0.4, 0.5) is 26.4 Å². The lowest BCUT2D eigenvalue weighted by atomic mass is 10.1. The average Bonchev–Trinajstić information content (AvgIpc) is 3.18. The van der Waals surface area contributed by atoms with Crippen LogP contribution in [-0.2, 0) is 4.74 Å². The van der Waals surface area contributed by atoms with E-state index >= 15 is 0 Å². The number of nitrogens with zero attached hydrogens (tertiary/aromatic N) is 1. The number of thiophene rings is 1. The van der Waals surface area contributed by atoms with Gasteiger partial charge in [0.1, 0.15) is 11.6 Å². The number of anilines is 3. The molecule has 0 fully saturated rings. The van der Waals surface area contributed by atoms with Gasteiger partial charge in [0, 0.05) is 27.0 Å². The van der Waals surface area contributed by atoms with Crippen LogP contribution >= 0.6 is 11.3 Å². The number of methoxy groups -OCH3 is 1.